The summed E-state index contributed by atoms with van der Waals surface area (Å²) in [7, 11) is 0. The Kier molecular flexibility index (Phi) is 5.71. The van der Waals surface area contributed by atoms with Crippen LogP contribution in [-0.2, 0) is 4.79 Å². The van der Waals surface area contributed by atoms with Gasteiger partial charge in [0.05, 0.1) is 17.3 Å². The lowest BCUT2D eigenvalue weighted by atomic mass is 9.91. The quantitative estimate of drug-likeness (QED) is 0.361. The maximum atomic E-state index is 14.8. The molecule has 3 aromatic carbocycles. The largest absolute Gasteiger partial charge is 0.321 e. The minimum atomic E-state index is -0.773. The van der Waals surface area contributed by atoms with Crippen molar-refractivity contribution in [2.45, 2.75) is 19.4 Å². The van der Waals surface area contributed by atoms with Crippen LogP contribution in [0.15, 0.2) is 76.6 Å². The number of amides is 1. The summed E-state index contributed by atoms with van der Waals surface area (Å²) in [6.45, 7) is 1.35. The fourth-order valence-electron chi connectivity index (χ4n) is 4.44. The number of carbonyl (C=O) groups is 1. The highest BCUT2D eigenvalue weighted by Gasteiger charge is 2.36. The molecule has 34 heavy (non-hydrogen) atoms. The van der Waals surface area contributed by atoms with Crippen molar-refractivity contribution < 1.29 is 9.18 Å². The van der Waals surface area contributed by atoms with Crippen molar-refractivity contribution in [2.75, 3.05) is 0 Å². The zero-order valence-electron chi connectivity index (χ0n) is 18.0. The highest BCUT2D eigenvalue weighted by atomic mass is 35.5. The van der Waals surface area contributed by atoms with Gasteiger partial charge >= 0.3 is 0 Å². The third-order valence-electron chi connectivity index (χ3n) is 5.91. The van der Waals surface area contributed by atoms with Crippen LogP contribution in [0, 0.1) is 5.82 Å². The van der Waals surface area contributed by atoms with Crippen molar-refractivity contribution in [2.24, 2.45) is 5.10 Å². The van der Waals surface area contributed by atoms with E-state index in [1.165, 1.54) is 24.1 Å². The molecule has 0 aliphatic carbocycles. The van der Waals surface area contributed by atoms with Crippen LogP contribution in [0.5, 0.6) is 0 Å². The lowest BCUT2D eigenvalue weighted by Gasteiger charge is -2.21. The second-order valence-corrected chi connectivity index (χ2v) is 8.87. The maximum Gasteiger partial charge on any atom is 0.258 e. The third-order valence-corrected chi connectivity index (χ3v) is 6.49. The van der Waals surface area contributed by atoms with Gasteiger partial charge in [0.1, 0.15) is 5.82 Å². The van der Waals surface area contributed by atoms with E-state index in [2.05, 4.69) is 10.1 Å². The van der Waals surface area contributed by atoms with Gasteiger partial charge in [-0.1, -0.05) is 59.6 Å². The van der Waals surface area contributed by atoms with E-state index in [1.54, 1.807) is 18.2 Å². The summed E-state index contributed by atoms with van der Waals surface area (Å²) in [5.41, 5.74) is 2.61. The normalized spacial score (nSPS) is 15.6. The molecule has 0 bridgehead atoms. The van der Waals surface area contributed by atoms with E-state index < -0.39 is 11.9 Å². The molecular weight excluding hydrogens is 476 g/mol. The van der Waals surface area contributed by atoms with Crippen LogP contribution in [-0.4, -0.2) is 21.6 Å². The van der Waals surface area contributed by atoms with Crippen LogP contribution < -0.4 is 5.56 Å². The molecular formula is C26H18Cl2FN3O2. The predicted molar refractivity (Wildman–Crippen MR) is 133 cm³/mol. The third kappa shape index (κ3) is 3.79. The van der Waals surface area contributed by atoms with Gasteiger partial charge in [0.15, 0.2) is 0 Å². The summed E-state index contributed by atoms with van der Waals surface area (Å²) in [6, 6.07) is 18.2. The van der Waals surface area contributed by atoms with Crippen molar-refractivity contribution in [3.8, 4) is 11.1 Å². The van der Waals surface area contributed by atoms with Gasteiger partial charge in [-0.2, -0.15) is 5.10 Å². The lowest BCUT2D eigenvalue weighted by Crippen LogP contribution is -2.25. The second-order valence-electron chi connectivity index (χ2n) is 8.02. The van der Waals surface area contributed by atoms with Gasteiger partial charge < -0.3 is 4.98 Å². The Bertz CT molecular complexity index is 1510. The molecule has 4 aromatic rings. The number of pyridine rings is 1. The van der Waals surface area contributed by atoms with E-state index in [0.717, 1.165) is 10.9 Å². The molecule has 1 amide bonds. The van der Waals surface area contributed by atoms with Crippen molar-refractivity contribution in [3.63, 3.8) is 0 Å². The molecule has 0 spiro atoms. The molecule has 0 unspecified atom stereocenters. The smallest absolute Gasteiger partial charge is 0.258 e. The Morgan fingerprint density at radius 1 is 1.03 bits per heavy atom. The number of rotatable bonds is 3. The molecule has 0 saturated carbocycles. The van der Waals surface area contributed by atoms with Gasteiger partial charge in [-0.3, -0.25) is 9.59 Å². The van der Waals surface area contributed by atoms with Crippen molar-refractivity contribution >= 4 is 45.7 Å². The first-order valence-electron chi connectivity index (χ1n) is 10.6. The first kappa shape index (κ1) is 22.3. The van der Waals surface area contributed by atoms with E-state index in [4.69, 9.17) is 23.2 Å². The standard InChI is InChI=1S/C26H18Cl2FN3O2/c1-14(33)32-22(24-18(28)6-4-7-19(24)29)13-21(31-32)25-23(15-9-11-16(27)12-10-15)17-5-2-3-8-20(17)30-26(25)34/h2-12,22H,13H2,1H3,(H,30,34)/t22-/m0/s1. The number of H-pyrrole nitrogens is 1. The topological polar surface area (TPSA) is 65.5 Å². The lowest BCUT2D eigenvalue weighted by molar-refractivity contribution is -0.130. The SMILES string of the molecule is CC(=O)N1N=C(c2c(-c3ccc(Cl)cc3)c3ccccc3[nH]c2=O)C[C@H]1c1c(F)cccc1Cl. The minimum absolute atomic E-state index is 0.127. The maximum absolute atomic E-state index is 14.8. The van der Waals surface area contributed by atoms with Crippen LogP contribution in [0.3, 0.4) is 0 Å². The van der Waals surface area contributed by atoms with Gasteiger partial charge in [-0.15, -0.1) is 0 Å². The summed E-state index contributed by atoms with van der Waals surface area (Å²) in [6.07, 6.45) is 0.127. The number of hydrogen-bond acceptors (Lipinski definition) is 3. The van der Waals surface area contributed by atoms with E-state index in [1.807, 2.05) is 36.4 Å². The van der Waals surface area contributed by atoms with Crippen LogP contribution in [0.2, 0.25) is 10.0 Å². The highest BCUT2D eigenvalue weighted by Crippen LogP contribution is 2.40. The number of halogens is 3. The number of hydrogen-bond donors (Lipinski definition) is 1. The monoisotopic (exact) mass is 493 g/mol. The number of para-hydroxylation sites is 1. The highest BCUT2D eigenvalue weighted by molar-refractivity contribution is 6.31. The molecule has 0 radical (unpaired) electrons. The molecule has 8 heteroatoms. The average molecular weight is 494 g/mol. The minimum Gasteiger partial charge on any atom is -0.321 e. The Labute approximate surface area is 204 Å². The van der Waals surface area contributed by atoms with Crippen molar-refractivity contribution in [3.05, 3.63) is 104 Å². The number of hydrazone groups is 1. The second kappa shape index (κ2) is 8.70. The van der Waals surface area contributed by atoms with Gasteiger partial charge in [0, 0.05) is 45.4 Å². The summed E-state index contributed by atoms with van der Waals surface area (Å²) in [5.74, 6) is -0.921. The number of nitrogens with zero attached hydrogens (tertiary/aromatic N) is 2. The number of nitrogens with one attached hydrogen (secondary N) is 1. The van der Waals surface area contributed by atoms with E-state index in [0.29, 0.717) is 27.4 Å². The molecule has 1 aromatic heterocycles. The summed E-state index contributed by atoms with van der Waals surface area (Å²) in [5, 5.41) is 7.26. The molecule has 170 valence electrons. The molecule has 1 atom stereocenters. The van der Waals surface area contributed by atoms with Crippen molar-refractivity contribution in [1.29, 1.82) is 0 Å². The Balaban J connectivity index is 1.75. The summed E-state index contributed by atoms with van der Waals surface area (Å²) < 4.78 is 14.8. The molecule has 2 heterocycles. The van der Waals surface area contributed by atoms with Crippen LogP contribution in [0.1, 0.15) is 30.5 Å². The molecule has 1 aliphatic heterocycles. The molecule has 0 saturated heterocycles. The van der Waals surface area contributed by atoms with Crippen LogP contribution >= 0.6 is 23.2 Å². The number of aromatic amines is 1. The Morgan fingerprint density at radius 2 is 1.76 bits per heavy atom. The first-order chi connectivity index (χ1) is 16.3. The van der Waals surface area contributed by atoms with Gasteiger partial charge in [0.2, 0.25) is 5.91 Å². The number of benzene rings is 3. The van der Waals surface area contributed by atoms with Gasteiger partial charge in [-0.25, -0.2) is 9.40 Å². The van der Waals surface area contributed by atoms with E-state index in [9.17, 15) is 14.0 Å². The Hall–Kier alpha value is -3.48. The van der Waals surface area contributed by atoms with E-state index >= 15 is 0 Å². The summed E-state index contributed by atoms with van der Waals surface area (Å²) in [4.78, 5) is 28.8. The molecule has 1 aliphatic rings. The van der Waals surface area contributed by atoms with Crippen LogP contribution in [0.25, 0.3) is 22.0 Å². The molecule has 5 rings (SSSR count). The molecule has 0 fully saturated rings. The van der Waals surface area contributed by atoms with Crippen LogP contribution in [0.4, 0.5) is 4.39 Å². The zero-order valence-corrected chi connectivity index (χ0v) is 19.5. The zero-order chi connectivity index (χ0) is 24.0. The molecule has 5 nitrogen and oxygen atoms in total. The predicted octanol–water partition coefficient (Wildman–Crippen LogP) is 6.34. The number of fused-ring (bicyclic) bond motifs is 1. The van der Waals surface area contributed by atoms with E-state index in [-0.39, 0.29) is 28.5 Å². The molecule has 1 N–H and O–H groups in total. The fourth-order valence-corrected chi connectivity index (χ4v) is 4.86. The summed E-state index contributed by atoms with van der Waals surface area (Å²) >= 11 is 12.4. The first-order valence-corrected chi connectivity index (χ1v) is 11.3. The van der Waals surface area contributed by atoms with Crippen molar-refractivity contribution in [1.82, 2.24) is 9.99 Å². The van der Waals surface area contributed by atoms with Gasteiger partial charge in [0.25, 0.3) is 5.56 Å². The average Bonchev–Trinajstić information content (AvgIpc) is 3.23. The Morgan fingerprint density at radius 3 is 2.47 bits per heavy atom. The number of carbonyl (C=O) groups excluding carboxylic acids is 1. The fraction of sp³-hybridized carbons (Fsp3) is 0.115. The number of aromatic nitrogens is 1. The van der Waals surface area contributed by atoms with Gasteiger partial charge in [-0.05, 0) is 35.9 Å².